The molecule has 0 fully saturated rings. The van der Waals surface area contributed by atoms with E-state index in [0.29, 0.717) is 27.1 Å². The predicted molar refractivity (Wildman–Crippen MR) is 79.6 cm³/mol. The van der Waals surface area contributed by atoms with E-state index in [1.165, 1.54) is 25.3 Å². The second kappa shape index (κ2) is 5.92. The largest absolute Gasteiger partial charge is 0.465 e. The molecule has 0 bridgehead atoms. The summed E-state index contributed by atoms with van der Waals surface area (Å²) in [6.45, 7) is 0. The minimum Gasteiger partial charge on any atom is -0.465 e. The van der Waals surface area contributed by atoms with E-state index < -0.39 is 5.97 Å². The summed E-state index contributed by atoms with van der Waals surface area (Å²) < 4.78 is 18.2. The molecule has 0 aliphatic heterocycles. The first-order valence-electron chi connectivity index (χ1n) is 5.71. The fraction of sp³-hybridized carbons (Fsp3) is 0.0714. The van der Waals surface area contributed by atoms with Crippen molar-refractivity contribution in [2.75, 3.05) is 18.2 Å². The maximum Gasteiger partial charge on any atom is 0.337 e. The number of nitrogen functional groups attached to an aromatic ring is 1. The number of anilines is 3. The minimum absolute atomic E-state index is 0.337. The Morgan fingerprint density at radius 3 is 2.55 bits per heavy atom. The summed E-state index contributed by atoms with van der Waals surface area (Å²) >= 11 is 3.26. The van der Waals surface area contributed by atoms with Crippen molar-refractivity contribution < 1.29 is 13.9 Å². The number of methoxy groups -OCH3 is 1. The number of carbonyl (C=O) groups is 1. The van der Waals surface area contributed by atoms with Crippen LogP contribution in [-0.4, -0.2) is 13.1 Å². The Morgan fingerprint density at radius 1 is 1.25 bits per heavy atom. The van der Waals surface area contributed by atoms with E-state index in [9.17, 15) is 9.18 Å². The summed E-state index contributed by atoms with van der Waals surface area (Å²) in [5, 5.41) is 3.06. The van der Waals surface area contributed by atoms with Crippen molar-refractivity contribution in [3.05, 3.63) is 52.3 Å². The third-order valence-corrected chi connectivity index (χ3v) is 3.33. The molecule has 0 unspecified atom stereocenters. The molecule has 0 spiro atoms. The molecule has 0 aliphatic carbocycles. The maximum atomic E-state index is 13.0. The van der Waals surface area contributed by atoms with Gasteiger partial charge in [-0.05, 0) is 52.3 Å². The van der Waals surface area contributed by atoms with Crippen LogP contribution in [0.1, 0.15) is 10.4 Å². The average Bonchev–Trinajstić information content (AvgIpc) is 2.42. The van der Waals surface area contributed by atoms with E-state index in [2.05, 4.69) is 26.0 Å². The fourth-order valence-electron chi connectivity index (χ4n) is 1.66. The Morgan fingerprint density at radius 2 is 1.95 bits per heavy atom. The zero-order chi connectivity index (χ0) is 14.7. The number of ether oxygens (including phenoxy) is 1. The Hall–Kier alpha value is -2.08. The second-order valence-corrected chi connectivity index (χ2v) is 4.90. The molecule has 0 heterocycles. The topological polar surface area (TPSA) is 64.3 Å². The summed E-state index contributed by atoms with van der Waals surface area (Å²) in [6.07, 6.45) is 0. The molecule has 0 radical (unpaired) electrons. The monoisotopic (exact) mass is 338 g/mol. The van der Waals surface area contributed by atoms with Crippen molar-refractivity contribution in [2.24, 2.45) is 0 Å². The van der Waals surface area contributed by atoms with Gasteiger partial charge in [0.05, 0.1) is 29.7 Å². The third-order valence-electron chi connectivity index (χ3n) is 2.67. The van der Waals surface area contributed by atoms with E-state index in [4.69, 9.17) is 5.73 Å². The van der Waals surface area contributed by atoms with Gasteiger partial charge in [-0.2, -0.15) is 0 Å². The highest BCUT2D eigenvalue weighted by Crippen LogP contribution is 2.29. The molecule has 6 heteroatoms. The van der Waals surface area contributed by atoms with Crippen molar-refractivity contribution in [1.29, 1.82) is 0 Å². The molecule has 0 saturated carbocycles. The molecule has 20 heavy (non-hydrogen) atoms. The lowest BCUT2D eigenvalue weighted by atomic mass is 10.1. The van der Waals surface area contributed by atoms with Gasteiger partial charge >= 0.3 is 5.97 Å². The van der Waals surface area contributed by atoms with Gasteiger partial charge < -0.3 is 15.8 Å². The van der Waals surface area contributed by atoms with Gasteiger partial charge in [0, 0.05) is 4.47 Å². The van der Waals surface area contributed by atoms with E-state index >= 15 is 0 Å². The van der Waals surface area contributed by atoms with Crippen molar-refractivity contribution in [3.8, 4) is 0 Å². The molecule has 0 aromatic heterocycles. The van der Waals surface area contributed by atoms with Crippen molar-refractivity contribution in [3.63, 3.8) is 0 Å². The van der Waals surface area contributed by atoms with Gasteiger partial charge in [0.1, 0.15) is 5.82 Å². The van der Waals surface area contributed by atoms with E-state index in [1.807, 2.05) is 0 Å². The number of hydrogen-bond acceptors (Lipinski definition) is 4. The van der Waals surface area contributed by atoms with Gasteiger partial charge in [-0.15, -0.1) is 0 Å². The summed E-state index contributed by atoms with van der Waals surface area (Å²) in [6, 6.07) is 9.06. The summed E-state index contributed by atoms with van der Waals surface area (Å²) in [5.74, 6) is -0.789. The Bertz CT molecular complexity index is 662. The van der Waals surface area contributed by atoms with E-state index in [0.717, 1.165) is 0 Å². The second-order valence-electron chi connectivity index (χ2n) is 4.04. The Balaban J connectivity index is 2.28. The van der Waals surface area contributed by atoms with Gasteiger partial charge in [0.2, 0.25) is 0 Å². The fourth-order valence-corrected chi connectivity index (χ4v) is 2.11. The molecule has 4 nitrogen and oxygen atoms in total. The van der Waals surface area contributed by atoms with Crippen LogP contribution in [0.3, 0.4) is 0 Å². The van der Waals surface area contributed by atoms with Crippen LogP contribution < -0.4 is 11.1 Å². The van der Waals surface area contributed by atoms with Crippen molar-refractivity contribution in [1.82, 2.24) is 0 Å². The molecule has 2 rings (SSSR count). The van der Waals surface area contributed by atoms with E-state index in [1.54, 1.807) is 18.2 Å². The smallest absolute Gasteiger partial charge is 0.337 e. The molecule has 2 aromatic carbocycles. The van der Waals surface area contributed by atoms with Crippen molar-refractivity contribution >= 4 is 39.0 Å². The lowest BCUT2D eigenvalue weighted by molar-refractivity contribution is 0.0601. The number of benzene rings is 2. The first-order chi connectivity index (χ1) is 9.51. The van der Waals surface area contributed by atoms with Gasteiger partial charge in [-0.25, -0.2) is 9.18 Å². The molecule has 3 N–H and O–H groups in total. The number of carbonyl (C=O) groups excluding carboxylic acids is 1. The van der Waals surface area contributed by atoms with Gasteiger partial charge in [-0.1, -0.05) is 0 Å². The number of nitrogens with one attached hydrogen (secondary N) is 1. The SMILES string of the molecule is COC(=O)c1ccc(Nc2ccc(F)cc2Br)c(N)c1. The summed E-state index contributed by atoms with van der Waals surface area (Å²) in [4.78, 5) is 11.4. The Kier molecular flexibility index (Phi) is 4.24. The van der Waals surface area contributed by atoms with Crippen LogP contribution in [0, 0.1) is 5.82 Å². The summed E-state index contributed by atoms with van der Waals surface area (Å²) in [5.41, 5.74) is 7.93. The van der Waals surface area contributed by atoms with Gasteiger partial charge in [-0.3, -0.25) is 0 Å². The average molecular weight is 339 g/mol. The minimum atomic E-state index is -0.453. The first kappa shape index (κ1) is 14.3. The summed E-state index contributed by atoms with van der Waals surface area (Å²) in [7, 11) is 1.31. The molecule has 2 aromatic rings. The van der Waals surface area contributed by atoms with Gasteiger partial charge in [0.25, 0.3) is 0 Å². The van der Waals surface area contributed by atoms with Crippen LogP contribution in [0.5, 0.6) is 0 Å². The zero-order valence-electron chi connectivity index (χ0n) is 10.6. The predicted octanol–water partition coefficient (Wildman–Crippen LogP) is 3.70. The van der Waals surface area contributed by atoms with Crippen LogP contribution >= 0.6 is 15.9 Å². The normalized spacial score (nSPS) is 10.2. The Labute approximate surface area is 123 Å². The highest BCUT2D eigenvalue weighted by atomic mass is 79.9. The van der Waals surface area contributed by atoms with Crippen LogP contribution in [0.25, 0.3) is 0 Å². The molecular formula is C14H12BrFN2O2. The lowest BCUT2D eigenvalue weighted by Gasteiger charge is -2.12. The van der Waals surface area contributed by atoms with Crippen LogP contribution in [0.2, 0.25) is 0 Å². The van der Waals surface area contributed by atoms with E-state index in [-0.39, 0.29) is 5.82 Å². The standard InChI is InChI=1S/C14H12BrFN2O2/c1-20-14(19)8-2-4-13(11(17)6-8)18-12-5-3-9(16)7-10(12)15/h2-7,18H,17H2,1H3. The molecule has 0 atom stereocenters. The van der Waals surface area contributed by atoms with Crippen LogP contribution in [-0.2, 0) is 4.74 Å². The lowest BCUT2D eigenvalue weighted by Crippen LogP contribution is -2.04. The maximum absolute atomic E-state index is 13.0. The highest BCUT2D eigenvalue weighted by Gasteiger charge is 2.09. The molecule has 0 saturated heterocycles. The van der Waals surface area contributed by atoms with Crippen LogP contribution in [0.15, 0.2) is 40.9 Å². The highest BCUT2D eigenvalue weighted by molar-refractivity contribution is 9.10. The number of halogens is 2. The zero-order valence-corrected chi connectivity index (χ0v) is 12.2. The number of esters is 1. The molecule has 0 amide bonds. The van der Waals surface area contributed by atoms with Gasteiger partial charge in [0.15, 0.2) is 0 Å². The number of hydrogen-bond donors (Lipinski definition) is 2. The number of nitrogens with two attached hydrogens (primary N) is 1. The molecular weight excluding hydrogens is 327 g/mol. The first-order valence-corrected chi connectivity index (χ1v) is 6.50. The number of rotatable bonds is 3. The molecule has 0 aliphatic rings. The third kappa shape index (κ3) is 3.08. The molecule has 104 valence electrons. The quantitative estimate of drug-likeness (QED) is 0.661. The van der Waals surface area contributed by atoms with Crippen molar-refractivity contribution in [2.45, 2.75) is 0 Å². The van der Waals surface area contributed by atoms with Crippen LogP contribution in [0.4, 0.5) is 21.5 Å².